The van der Waals surface area contributed by atoms with E-state index < -0.39 is 29.9 Å². The summed E-state index contributed by atoms with van der Waals surface area (Å²) in [5, 5.41) is 10.5. The Kier molecular flexibility index (Phi) is 7.00. The Morgan fingerprint density at radius 3 is 2.27 bits per heavy atom. The molecule has 0 saturated heterocycles. The van der Waals surface area contributed by atoms with E-state index in [4.69, 9.17) is 4.74 Å². The Labute approximate surface area is 188 Å². The minimum Gasteiger partial charge on any atom is -0.497 e. The number of unbranched alkanes of at least 4 members (excludes halogenated alkanes) is 1. The lowest BCUT2D eigenvalue weighted by Crippen LogP contribution is -2.18. The van der Waals surface area contributed by atoms with Gasteiger partial charge in [-0.05, 0) is 61.4 Å². The molecule has 6 nitrogen and oxygen atoms in total. The minimum atomic E-state index is -4.84. The van der Waals surface area contributed by atoms with Crippen molar-refractivity contribution in [2.45, 2.75) is 45.4 Å². The lowest BCUT2D eigenvalue weighted by Gasteiger charge is -2.14. The van der Waals surface area contributed by atoms with Crippen LogP contribution >= 0.6 is 0 Å². The van der Waals surface area contributed by atoms with E-state index in [2.05, 4.69) is 4.74 Å². The summed E-state index contributed by atoms with van der Waals surface area (Å²) in [4.78, 5) is 25.5. The van der Waals surface area contributed by atoms with Crippen LogP contribution in [0, 0.1) is 6.92 Å². The molecule has 9 heteroatoms. The Morgan fingerprint density at radius 1 is 1.09 bits per heavy atom. The van der Waals surface area contributed by atoms with Gasteiger partial charge in [-0.1, -0.05) is 19.8 Å². The van der Waals surface area contributed by atoms with Crippen LogP contribution in [0.15, 0.2) is 42.5 Å². The van der Waals surface area contributed by atoms with Crippen molar-refractivity contribution in [2.24, 2.45) is 0 Å². The van der Waals surface area contributed by atoms with Crippen molar-refractivity contribution in [3.8, 4) is 11.5 Å². The number of ether oxygens (including phenoxy) is 2. The molecule has 1 aromatic heterocycles. The van der Waals surface area contributed by atoms with Gasteiger partial charge in [0.15, 0.2) is 0 Å². The molecule has 1 atom stereocenters. The van der Waals surface area contributed by atoms with E-state index in [0.29, 0.717) is 40.8 Å². The topological polar surface area (TPSA) is 77.8 Å². The van der Waals surface area contributed by atoms with Crippen LogP contribution < -0.4 is 9.47 Å². The van der Waals surface area contributed by atoms with Gasteiger partial charge in [0.1, 0.15) is 11.5 Å². The first-order chi connectivity index (χ1) is 15.6. The van der Waals surface area contributed by atoms with E-state index in [1.807, 2.05) is 6.92 Å². The third-order valence-electron chi connectivity index (χ3n) is 5.49. The highest BCUT2D eigenvalue weighted by Crippen LogP contribution is 2.37. The third kappa shape index (κ3) is 5.13. The summed E-state index contributed by atoms with van der Waals surface area (Å²) in [7, 11) is 1.49. The summed E-state index contributed by atoms with van der Waals surface area (Å²) in [6.07, 6.45) is -2.92. The highest BCUT2D eigenvalue weighted by Gasteiger charge is 2.32. The van der Waals surface area contributed by atoms with Crippen molar-refractivity contribution < 1.29 is 37.3 Å². The second-order valence-corrected chi connectivity index (χ2v) is 7.63. The first kappa shape index (κ1) is 24.2. The standard InChI is InChI=1S/C24H24F3NO5/c1-4-5-6-18(23(30)31)21-14(2)28(20-12-11-17(32-3)13-19(20)21)22(29)15-7-9-16(10-8-15)33-24(25,26)27/h7-13,18H,4-6H2,1-3H3,(H,30,31). The fourth-order valence-electron chi connectivity index (χ4n) is 3.98. The molecule has 0 saturated carbocycles. The molecule has 1 unspecified atom stereocenters. The number of alkyl halides is 3. The van der Waals surface area contributed by atoms with Gasteiger partial charge >= 0.3 is 12.3 Å². The maximum Gasteiger partial charge on any atom is 0.573 e. The van der Waals surface area contributed by atoms with E-state index in [1.165, 1.54) is 23.8 Å². The number of methoxy groups -OCH3 is 1. The molecule has 176 valence electrons. The second kappa shape index (κ2) is 9.56. The van der Waals surface area contributed by atoms with Gasteiger partial charge in [0.2, 0.25) is 0 Å². The normalized spacial score (nSPS) is 12.5. The smallest absolute Gasteiger partial charge is 0.497 e. The van der Waals surface area contributed by atoms with Gasteiger partial charge in [-0.3, -0.25) is 14.2 Å². The zero-order chi connectivity index (χ0) is 24.3. The summed E-state index contributed by atoms with van der Waals surface area (Å²) in [5.74, 6) is -2.23. The maximum atomic E-state index is 13.4. The fraction of sp³-hybridized carbons (Fsp3) is 0.333. The van der Waals surface area contributed by atoms with E-state index in [-0.39, 0.29) is 5.56 Å². The molecule has 0 amide bonds. The Hall–Kier alpha value is -3.49. The SMILES string of the molecule is CCCCC(C(=O)O)c1c(C)n(C(=O)c2ccc(OC(F)(F)F)cc2)c2ccc(OC)cc12. The predicted molar refractivity (Wildman–Crippen MR) is 116 cm³/mol. The molecular formula is C24H24F3NO5. The number of halogens is 3. The largest absolute Gasteiger partial charge is 0.573 e. The van der Waals surface area contributed by atoms with Crippen LogP contribution in [0.25, 0.3) is 10.9 Å². The molecule has 1 N–H and O–H groups in total. The van der Waals surface area contributed by atoms with Gasteiger partial charge in [0, 0.05) is 16.6 Å². The molecule has 0 aliphatic heterocycles. The Balaban J connectivity index is 2.14. The Bertz CT molecular complexity index is 1170. The number of rotatable bonds is 8. The summed E-state index contributed by atoms with van der Waals surface area (Å²) in [6, 6.07) is 9.64. The van der Waals surface area contributed by atoms with Crippen LogP contribution in [-0.2, 0) is 4.79 Å². The van der Waals surface area contributed by atoms with Gasteiger partial charge in [-0.15, -0.1) is 13.2 Å². The van der Waals surface area contributed by atoms with Crippen molar-refractivity contribution in [3.05, 3.63) is 59.3 Å². The molecule has 3 aromatic rings. The zero-order valence-corrected chi connectivity index (χ0v) is 18.4. The molecule has 0 fully saturated rings. The fourth-order valence-corrected chi connectivity index (χ4v) is 3.98. The highest BCUT2D eigenvalue weighted by molar-refractivity contribution is 6.05. The van der Waals surface area contributed by atoms with Crippen molar-refractivity contribution in [2.75, 3.05) is 7.11 Å². The summed E-state index contributed by atoms with van der Waals surface area (Å²) < 4.78 is 47.9. The van der Waals surface area contributed by atoms with Crippen LogP contribution in [0.3, 0.4) is 0 Å². The van der Waals surface area contributed by atoms with Gasteiger partial charge in [0.05, 0.1) is 18.5 Å². The second-order valence-electron chi connectivity index (χ2n) is 7.63. The van der Waals surface area contributed by atoms with Crippen molar-refractivity contribution in [1.82, 2.24) is 4.57 Å². The van der Waals surface area contributed by atoms with Gasteiger partial charge < -0.3 is 14.6 Å². The molecule has 3 rings (SSSR count). The minimum absolute atomic E-state index is 0.132. The maximum absolute atomic E-state index is 13.4. The van der Waals surface area contributed by atoms with Gasteiger partial charge in [-0.25, -0.2) is 0 Å². The number of fused-ring (bicyclic) bond motifs is 1. The molecule has 0 aliphatic rings. The number of hydrogen-bond acceptors (Lipinski definition) is 4. The van der Waals surface area contributed by atoms with Crippen LogP contribution in [0.1, 0.15) is 53.7 Å². The molecule has 1 heterocycles. The molecule has 0 spiro atoms. The van der Waals surface area contributed by atoms with Crippen LogP contribution in [0.2, 0.25) is 0 Å². The van der Waals surface area contributed by atoms with E-state index in [0.717, 1.165) is 18.6 Å². The number of carbonyl (C=O) groups is 2. The van der Waals surface area contributed by atoms with E-state index in [1.54, 1.807) is 25.1 Å². The average molecular weight is 463 g/mol. The van der Waals surface area contributed by atoms with E-state index in [9.17, 15) is 27.9 Å². The summed E-state index contributed by atoms with van der Waals surface area (Å²) in [6.45, 7) is 3.64. The first-order valence-corrected chi connectivity index (χ1v) is 10.4. The number of carboxylic acids is 1. The number of aliphatic carboxylic acids is 1. The number of benzene rings is 2. The van der Waals surface area contributed by atoms with Crippen LogP contribution in [0.4, 0.5) is 13.2 Å². The number of carboxylic acid groups (broad SMARTS) is 1. The number of hydrogen-bond donors (Lipinski definition) is 1. The third-order valence-corrected chi connectivity index (χ3v) is 5.49. The van der Waals surface area contributed by atoms with Crippen molar-refractivity contribution in [3.63, 3.8) is 0 Å². The number of nitrogens with zero attached hydrogens (tertiary/aromatic N) is 1. The van der Waals surface area contributed by atoms with Crippen LogP contribution in [-0.4, -0.2) is 35.0 Å². The van der Waals surface area contributed by atoms with Crippen molar-refractivity contribution >= 4 is 22.8 Å². The zero-order valence-electron chi connectivity index (χ0n) is 18.4. The molecule has 0 aliphatic carbocycles. The average Bonchev–Trinajstić information content (AvgIpc) is 3.04. The molecular weight excluding hydrogens is 439 g/mol. The lowest BCUT2D eigenvalue weighted by molar-refractivity contribution is -0.274. The monoisotopic (exact) mass is 463 g/mol. The molecule has 33 heavy (non-hydrogen) atoms. The van der Waals surface area contributed by atoms with Crippen molar-refractivity contribution in [1.29, 1.82) is 0 Å². The molecule has 2 aromatic carbocycles. The number of aromatic nitrogens is 1. The predicted octanol–water partition coefficient (Wildman–Crippen LogP) is 5.90. The first-order valence-electron chi connectivity index (χ1n) is 10.4. The molecule has 0 radical (unpaired) electrons. The van der Waals surface area contributed by atoms with Gasteiger partial charge in [0.25, 0.3) is 5.91 Å². The lowest BCUT2D eigenvalue weighted by atomic mass is 9.91. The quantitative estimate of drug-likeness (QED) is 0.450. The Morgan fingerprint density at radius 2 is 1.73 bits per heavy atom. The van der Waals surface area contributed by atoms with E-state index >= 15 is 0 Å². The molecule has 0 bridgehead atoms. The van der Waals surface area contributed by atoms with Crippen LogP contribution in [0.5, 0.6) is 11.5 Å². The van der Waals surface area contributed by atoms with Gasteiger partial charge in [-0.2, -0.15) is 0 Å². The highest BCUT2D eigenvalue weighted by atomic mass is 19.4. The summed E-state index contributed by atoms with van der Waals surface area (Å²) >= 11 is 0. The summed E-state index contributed by atoms with van der Waals surface area (Å²) in [5.41, 5.74) is 1.61. The number of carbonyl (C=O) groups excluding carboxylic acids is 1.